The van der Waals surface area contributed by atoms with E-state index in [0.717, 1.165) is 5.52 Å². The summed E-state index contributed by atoms with van der Waals surface area (Å²) in [6.45, 7) is 1.87. The number of nitrogens with zero attached hydrogens (tertiary/aromatic N) is 3. The maximum atomic E-state index is 13.0. The van der Waals surface area contributed by atoms with E-state index < -0.39 is 0 Å². The number of thioether (sulfide) groups is 1. The summed E-state index contributed by atoms with van der Waals surface area (Å²) < 4.78 is 0. The standard InChI is InChI=1S/C18H16ClN5O2S/c1-10-6-15(25)21-12-4-2-3-5-14(12)24(10)16(26)9-27-18-22-13-7-11(19)8-20-17(13)23-18/h2-5,7-8,10H,6,9H2,1H3,(H,21,25)(H,20,22,23)/t10-/m1/s1. The first-order valence-electron chi connectivity index (χ1n) is 8.36. The molecule has 2 amide bonds. The summed E-state index contributed by atoms with van der Waals surface area (Å²) in [4.78, 5) is 38.3. The summed E-state index contributed by atoms with van der Waals surface area (Å²) in [7, 11) is 0. The fourth-order valence-corrected chi connectivity index (χ4v) is 3.98. The van der Waals surface area contributed by atoms with Crippen molar-refractivity contribution in [2.75, 3.05) is 16.0 Å². The Balaban J connectivity index is 1.55. The summed E-state index contributed by atoms with van der Waals surface area (Å²) >= 11 is 7.23. The van der Waals surface area contributed by atoms with E-state index in [1.54, 1.807) is 17.0 Å². The van der Waals surface area contributed by atoms with Gasteiger partial charge in [-0.3, -0.25) is 9.59 Å². The Morgan fingerprint density at radius 3 is 3.07 bits per heavy atom. The molecule has 0 bridgehead atoms. The summed E-state index contributed by atoms with van der Waals surface area (Å²) in [6, 6.07) is 8.83. The van der Waals surface area contributed by atoms with E-state index in [1.165, 1.54) is 18.0 Å². The molecule has 0 unspecified atom stereocenters. The molecule has 0 spiro atoms. The SMILES string of the molecule is C[C@@H]1CC(=O)Nc2ccccc2N1C(=O)CSc1nc2ncc(Cl)cc2[nH]1. The van der Waals surface area contributed by atoms with Crippen LogP contribution in [0.4, 0.5) is 11.4 Å². The van der Waals surface area contributed by atoms with Crippen LogP contribution in [0.2, 0.25) is 5.02 Å². The van der Waals surface area contributed by atoms with Gasteiger partial charge in [-0.25, -0.2) is 9.97 Å². The molecular formula is C18H16ClN5O2S. The molecule has 27 heavy (non-hydrogen) atoms. The minimum atomic E-state index is -0.238. The first-order chi connectivity index (χ1) is 13.0. The number of nitrogens with one attached hydrogen (secondary N) is 2. The number of fused-ring (bicyclic) bond motifs is 2. The zero-order valence-corrected chi connectivity index (χ0v) is 16.0. The van der Waals surface area contributed by atoms with Crippen LogP contribution >= 0.6 is 23.4 Å². The van der Waals surface area contributed by atoms with Crippen molar-refractivity contribution in [3.05, 3.63) is 41.6 Å². The van der Waals surface area contributed by atoms with Crippen LogP contribution in [0.5, 0.6) is 0 Å². The number of hydrogen-bond donors (Lipinski definition) is 2. The first-order valence-corrected chi connectivity index (χ1v) is 9.72. The minimum Gasteiger partial charge on any atom is -0.331 e. The Bertz CT molecular complexity index is 1040. The average molecular weight is 402 g/mol. The molecule has 3 aromatic rings. The van der Waals surface area contributed by atoms with Gasteiger partial charge in [-0.1, -0.05) is 35.5 Å². The van der Waals surface area contributed by atoms with Crippen molar-refractivity contribution in [3.8, 4) is 0 Å². The van der Waals surface area contributed by atoms with Crippen LogP contribution in [0.25, 0.3) is 11.2 Å². The molecule has 1 aliphatic rings. The Kier molecular flexibility index (Phi) is 4.75. The normalized spacial score (nSPS) is 16.7. The van der Waals surface area contributed by atoms with Gasteiger partial charge in [0.05, 0.1) is 27.7 Å². The van der Waals surface area contributed by atoms with Gasteiger partial charge in [0.25, 0.3) is 0 Å². The van der Waals surface area contributed by atoms with Gasteiger partial charge in [-0.2, -0.15) is 0 Å². The number of anilines is 2. The lowest BCUT2D eigenvalue weighted by Gasteiger charge is -2.27. The molecule has 0 radical (unpaired) electrons. The van der Waals surface area contributed by atoms with E-state index in [0.29, 0.717) is 27.2 Å². The van der Waals surface area contributed by atoms with E-state index in [-0.39, 0.29) is 30.0 Å². The number of H-pyrrole nitrogens is 1. The smallest absolute Gasteiger partial charge is 0.237 e. The topological polar surface area (TPSA) is 91.0 Å². The number of aromatic nitrogens is 3. The zero-order valence-electron chi connectivity index (χ0n) is 14.4. The lowest BCUT2D eigenvalue weighted by Crippen LogP contribution is -2.40. The van der Waals surface area contributed by atoms with Gasteiger partial charge in [0.1, 0.15) is 0 Å². The largest absolute Gasteiger partial charge is 0.331 e. The highest BCUT2D eigenvalue weighted by Gasteiger charge is 2.29. The number of pyridine rings is 1. The Labute approximate surface area is 164 Å². The number of rotatable bonds is 3. The van der Waals surface area contributed by atoms with Crippen molar-refractivity contribution in [1.82, 2.24) is 15.0 Å². The number of amides is 2. The molecule has 2 aromatic heterocycles. The minimum absolute atomic E-state index is 0.0945. The molecule has 138 valence electrons. The number of para-hydroxylation sites is 2. The molecule has 7 nitrogen and oxygen atoms in total. The third kappa shape index (κ3) is 3.63. The van der Waals surface area contributed by atoms with Crippen molar-refractivity contribution in [2.24, 2.45) is 0 Å². The highest BCUT2D eigenvalue weighted by molar-refractivity contribution is 7.99. The molecule has 0 aliphatic carbocycles. The fraction of sp³-hybridized carbons (Fsp3) is 0.222. The van der Waals surface area contributed by atoms with Crippen molar-refractivity contribution in [3.63, 3.8) is 0 Å². The first kappa shape index (κ1) is 17.8. The molecule has 0 saturated heterocycles. The second-order valence-electron chi connectivity index (χ2n) is 6.24. The third-order valence-electron chi connectivity index (χ3n) is 4.24. The predicted molar refractivity (Wildman–Crippen MR) is 106 cm³/mol. The van der Waals surface area contributed by atoms with Gasteiger partial charge >= 0.3 is 0 Å². The molecule has 1 aliphatic heterocycles. The van der Waals surface area contributed by atoms with Gasteiger partial charge in [0.2, 0.25) is 11.8 Å². The number of hydrogen-bond acceptors (Lipinski definition) is 5. The van der Waals surface area contributed by atoms with Gasteiger partial charge < -0.3 is 15.2 Å². The van der Waals surface area contributed by atoms with Crippen LogP contribution in [0, 0.1) is 0 Å². The van der Waals surface area contributed by atoms with Crippen LogP contribution in [0.3, 0.4) is 0 Å². The van der Waals surface area contributed by atoms with E-state index in [1.807, 2.05) is 25.1 Å². The summed E-state index contributed by atoms with van der Waals surface area (Å²) in [6.07, 6.45) is 1.78. The summed E-state index contributed by atoms with van der Waals surface area (Å²) in [5.41, 5.74) is 2.63. The molecule has 0 fully saturated rings. The van der Waals surface area contributed by atoms with Gasteiger partial charge in [0.15, 0.2) is 10.8 Å². The monoisotopic (exact) mass is 401 g/mol. The van der Waals surface area contributed by atoms with Gasteiger partial charge in [-0.05, 0) is 25.1 Å². The van der Waals surface area contributed by atoms with Crippen molar-refractivity contribution >= 4 is 57.7 Å². The lowest BCUT2D eigenvalue weighted by molar-refractivity contribution is -0.117. The average Bonchev–Trinajstić information content (AvgIpc) is 2.97. The van der Waals surface area contributed by atoms with E-state index in [2.05, 4.69) is 20.3 Å². The van der Waals surface area contributed by atoms with Gasteiger partial charge in [0, 0.05) is 18.7 Å². The Morgan fingerprint density at radius 2 is 2.22 bits per heavy atom. The number of benzene rings is 1. The Morgan fingerprint density at radius 1 is 1.41 bits per heavy atom. The number of aromatic amines is 1. The van der Waals surface area contributed by atoms with Crippen molar-refractivity contribution < 1.29 is 9.59 Å². The number of carbonyl (C=O) groups is 2. The van der Waals surface area contributed by atoms with E-state index in [4.69, 9.17) is 11.6 Å². The molecular weight excluding hydrogens is 386 g/mol. The van der Waals surface area contributed by atoms with Gasteiger partial charge in [-0.15, -0.1) is 0 Å². The Hall–Kier alpha value is -2.58. The number of halogens is 1. The highest BCUT2D eigenvalue weighted by Crippen LogP contribution is 2.32. The summed E-state index contributed by atoms with van der Waals surface area (Å²) in [5.74, 6) is -0.0125. The molecule has 1 aromatic carbocycles. The molecule has 9 heteroatoms. The quantitative estimate of drug-likeness (QED) is 0.656. The molecule has 1 atom stereocenters. The number of imidazole rings is 1. The second kappa shape index (κ2) is 7.21. The predicted octanol–water partition coefficient (Wildman–Crippen LogP) is 3.47. The van der Waals surface area contributed by atoms with Crippen LogP contribution < -0.4 is 10.2 Å². The van der Waals surface area contributed by atoms with Crippen LogP contribution in [0.1, 0.15) is 13.3 Å². The molecule has 2 N–H and O–H groups in total. The van der Waals surface area contributed by atoms with Crippen molar-refractivity contribution in [1.29, 1.82) is 0 Å². The molecule has 3 heterocycles. The second-order valence-corrected chi connectivity index (χ2v) is 7.64. The third-order valence-corrected chi connectivity index (χ3v) is 5.31. The van der Waals surface area contributed by atoms with Crippen molar-refractivity contribution in [2.45, 2.75) is 24.5 Å². The van der Waals surface area contributed by atoms with Crippen LogP contribution in [-0.4, -0.2) is 38.6 Å². The highest BCUT2D eigenvalue weighted by atomic mass is 35.5. The van der Waals surface area contributed by atoms with E-state index in [9.17, 15) is 9.59 Å². The lowest BCUT2D eigenvalue weighted by atomic mass is 10.2. The molecule has 4 rings (SSSR count). The maximum absolute atomic E-state index is 13.0. The van der Waals surface area contributed by atoms with E-state index >= 15 is 0 Å². The zero-order chi connectivity index (χ0) is 19.0. The number of carbonyl (C=O) groups excluding carboxylic acids is 2. The molecule has 0 saturated carbocycles. The fourth-order valence-electron chi connectivity index (χ4n) is 3.09. The maximum Gasteiger partial charge on any atom is 0.237 e. The summed E-state index contributed by atoms with van der Waals surface area (Å²) in [5, 5.41) is 3.97. The van der Waals surface area contributed by atoms with Crippen LogP contribution in [-0.2, 0) is 9.59 Å². The van der Waals surface area contributed by atoms with Crippen LogP contribution in [0.15, 0.2) is 41.7 Å².